The quantitative estimate of drug-likeness (QED) is 0.606. The first-order valence-electron chi connectivity index (χ1n) is 7.54. The summed E-state index contributed by atoms with van der Waals surface area (Å²) < 4.78 is 22.5. The molecule has 130 valence electrons. The highest BCUT2D eigenvalue weighted by atomic mass is 79.9. The average Bonchev–Trinajstić information content (AvgIpc) is 3.11. The van der Waals surface area contributed by atoms with Gasteiger partial charge in [-0.05, 0) is 48.9 Å². The second-order valence-electron chi connectivity index (χ2n) is 5.28. The van der Waals surface area contributed by atoms with Gasteiger partial charge in [0.25, 0.3) is 5.89 Å². The number of aromatic nitrogens is 2. The van der Waals surface area contributed by atoms with Gasteiger partial charge in [0.1, 0.15) is 5.75 Å². The van der Waals surface area contributed by atoms with Gasteiger partial charge in [-0.1, -0.05) is 21.1 Å². The zero-order valence-electron chi connectivity index (χ0n) is 14.1. The van der Waals surface area contributed by atoms with E-state index in [-0.39, 0.29) is 6.61 Å². The minimum atomic E-state index is 0.196. The third kappa shape index (κ3) is 3.93. The number of hydrogen-bond donors (Lipinski definition) is 0. The van der Waals surface area contributed by atoms with Crippen LogP contribution in [-0.2, 0) is 6.61 Å². The second kappa shape index (κ2) is 7.57. The number of aryl methyl sites for hydroxylation is 1. The summed E-state index contributed by atoms with van der Waals surface area (Å²) in [7, 11) is 3.17. The standard InChI is InChI=1S/C18H17BrN2O4/c1-11-8-13(5-6-14(11)19)24-10-17-20-18(21-25-17)12-4-7-15(22-2)16(9-12)23-3/h4-9H,10H2,1-3H3. The van der Waals surface area contributed by atoms with Crippen molar-refractivity contribution in [2.24, 2.45) is 0 Å². The Morgan fingerprint density at radius 2 is 1.84 bits per heavy atom. The summed E-state index contributed by atoms with van der Waals surface area (Å²) in [4.78, 5) is 4.36. The lowest BCUT2D eigenvalue weighted by Gasteiger charge is -2.07. The summed E-state index contributed by atoms with van der Waals surface area (Å²) in [6, 6.07) is 11.2. The van der Waals surface area contributed by atoms with Crippen molar-refractivity contribution in [2.45, 2.75) is 13.5 Å². The summed E-state index contributed by atoms with van der Waals surface area (Å²) in [5, 5.41) is 3.99. The second-order valence-corrected chi connectivity index (χ2v) is 6.14. The molecular weight excluding hydrogens is 388 g/mol. The smallest absolute Gasteiger partial charge is 0.264 e. The third-order valence-corrected chi connectivity index (χ3v) is 4.49. The Balaban J connectivity index is 1.73. The van der Waals surface area contributed by atoms with Crippen molar-refractivity contribution < 1.29 is 18.7 Å². The monoisotopic (exact) mass is 404 g/mol. The fraction of sp³-hybridized carbons (Fsp3) is 0.222. The van der Waals surface area contributed by atoms with Crippen LogP contribution in [0, 0.1) is 6.92 Å². The minimum Gasteiger partial charge on any atom is -0.493 e. The van der Waals surface area contributed by atoms with Crippen LogP contribution in [0.2, 0.25) is 0 Å². The molecule has 0 unspecified atom stereocenters. The molecule has 0 atom stereocenters. The van der Waals surface area contributed by atoms with Gasteiger partial charge >= 0.3 is 0 Å². The van der Waals surface area contributed by atoms with Crippen molar-refractivity contribution >= 4 is 15.9 Å². The number of halogens is 1. The minimum absolute atomic E-state index is 0.196. The van der Waals surface area contributed by atoms with Crippen molar-refractivity contribution in [3.8, 4) is 28.6 Å². The molecule has 0 aliphatic carbocycles. The molecule has 0 saturated heterocycles. The molecule has 0 saturated carbocycles. The highest BCUT2D eigenvalue weighted by molar-refractivity contribution is 9.10. The van der Waals surface area contributed by atoms with E-state index in [2.05, 4.69) is 26.1 Å². The molecule has 0 fully saturated rings. The Bertz CT molecular complexity index is 879. The molecular formula is C18H17BrN2O4. The third-order valence-electron chi connectivity index (χ3n) is 3.60. The zero-order valence-corrected chi connectivity index (χ0v) is 15.7. The van der Waals surface area contributed by atoms with E-state index in [4.69, 9.17) is 18.7 Å². The molecule has 0 aliphatic heterocycles. The van der Waals surface area contributed by atoms with Crippen LogP contribution in [0.15, 0.2) is 45.4 Å². The summed E-state index contributed by atoms with van der Waals surface area (Å²) >= 11 is 3.46. The van der Waals surface area contributed by atoms with Crippen molar-refractivity contribution in [2.75, 3.05) is 14.2 Å². The summed E-state index contributed by atoms with van der Waals surface area (Å²) in [5.41, 5.74) is 1.86. The van der Waals surface area contributed by atoms with Crippen molar-refractivity contribution in [3.63, 3.8) is 0 Å². The van der Waals surface area contributed by atoms with Gasteiger partial charge in [0.05, 0.1) is 14.2 Å². The Morgan fingerprint density at radius 1 is 1.04 bits per heavy atom. The zero-order chi connectivity index (χ0) is 17.8. The van der Waals surface area contributed by atoms with Crippen LogP contribution >= 0.6 is 15.9 Å². The first kappa shape index (κ1) is 17.3. The van der Waals surface area contributed by atoms with E-state index in [9.17, 15) is 0 Å². The van der Waals surface area contributed by atoms with E-state index >= 15 is 0 Å². The van der Waals surface area contributed by atoms with Gasteiger partial charge in [0.2, 0.25) is 5.82 Å². The van der Waals surface area contributed by atoms with Crippen LogP contribution in [0.5, 0.6) is 17.2 Å². The van der Waals surface area contributed by atoms with E-state index in [1.807, 2.05) is 31.2 Å². The summed E-state index contributed by atoms with van der Waals surface area (Å²) in [6.45, 7) is 2.19. The lowest BCUT2D eigenvalue weighted by molar-refractivity contribution is 0.243. The van der Waals surface area contributed by atoms with Gasteiger partial charge < -0.3 is 18.7 Å². The molecule has 3 aromatic rings. The SMILES string of the molecule is COc1ccc(-c2noc(COc3ccc(Br)c(C)c3)n2)cc1OC. The topological polar surface area (TPSA) is 66.6 Å². The number of benzene rings is 2. The van der Waals surface area contributed by atoms with Crippen molar-refractivity contribution in [1.82, 2.24) is 10.1 Å². The molecule has 3 rings (SSSR count). The molecule has 25 heavy (non-hydrogen) atoms. The molecule has 0 N–H and O–H groups in total. The fourth-order valence-electron chi connectivity index (χ4n) is 2.26. The Labute approximate surface area is 153 Å². The van der Waals surface area contributed by atoms with E-state index in [0.717, 1.165) is 21.3 Å². The Kier molecular flexibility index (Phi) is 5.23. The first-order valence-corrected chi connectivity index (χ1v) is 8.34. The van der Waals surface area contributed by atoms with Crippen LogP contribution < -0.4 is 14.2 Å². The van der Waals surface area contributed by atoms with Gasteiger partial charge in [-0.25, -0.2) is 0 Å². The maximum atomic E-state index is 5.70. The van der Waals surface area contributed by atoms with Crippen LogP contribution in [0.3, 0.4) is 0 Å². The van der Waals surface area contributed by atoms with Crippen LogP contribution in [0.4, 0.5) is 0 Å². The molecule has 0 spiro atoms. The Morgan fingerprint density at radius 3 is 2.56 bits per heavy atom. The summed E-state index contributed by atoms with van der Waals surface area (Å²) in [5.74, 6) is 2.85. The van der Waals surface area contributed by atoms with Crippen molar-refractivity contribution in [3.05, 3.63) is 52.3 Å². The fourth-order valence-corrected chi connectivity index (χ4v) is 2.50. The maximum Gasteiger partial charge on any atom is 0.264 e. The van der Waals surface area contributed by atoms with E-state index < -0.39 is 0 Å². The molecule has 2 aromatic carbocycles. The predicted octanol–water partition coefficient (Wildman–Crippen LogP) is 4.40. The van der Waals surface area contributed by atoms with Gasteiger partial charge in [-0.2, -0.15) is 4.98 Å². The molecule has 1 heterocycles. The van der Waals surface area contributed by atoms with Gasteiger partial charge in [-0.3, -0.25) is 0 Å². The maximum absolute atomic E-state index is 5.70. The van der Waals surface area contributed by atoms with Crippen LogP contribution in [0.25, 0.3) is 11.4 Å². The highest BCUT2D eigenvalue weighted by Gasteiger charge is 2.12. The van der Waals surface area contributed by atoms with Gasteiger partial charge in [0, 0.05) is 10.0 Å². The van der Waals surface area contributed by atoms with Crippen LogP contribution in [-0.4, -0.2) is 24.4 Å². The molecule has 0 bridgehead atoms. The molecule has 0 radical (unpaired) electrons. The molecule has 0 amide bonds. The number of methoxy groups -OCH3 is 2. The number of nitrogens with zero attached hydrogens (tertiary/aromatic N) is 2. The Hall–Kier alpha value is -2.54. The molecule has 1 aromatic heterocycles. The van der Waals surface area contributed by atoms with Crippen LogP contribution in [0.1, 0.15) is 11.5 Å². The van der Waals surface area contributed by atoms with Gasteiger partial charge in [-0.15, -0.1) is 0 Å². The van der Waals surface area contributed by atoms with Gasteiger partial charge in [0.15, 0.2) is 18.1 Å². The lowest BCUT2D eigenvalue weighted by atomic mass is 10.2. The predicted molar refractivity (Wildman–Crippen MR) is 96.0 cm³/mol. The van der Waals surface area contributed by atoms with Crippen molar-refractivity contribution in [1.29, 1.82) is 0 Å². The number of rotatable bonds is 6. The highest BCUT2D eigenvalue weighted by Crippen LogP contribution is 2.31. The van der Waals surface area contributed by atoms with E-state index in [1.165, 1.54) is 0 Å². The number of hydrogen-bond acceptors (Lipinski definition) is 6. The first-order chi connectivity index (χ1) is 12.1. The lowest BCUT2D eigenvalue weighted by Crippen LogP contribution is -1.96. The molecule has 6 nitrogen and oxygen atoms in total. The largest absolute Gasteiger partial charge is 0.493 e. The van der Waals surface area contributed by atoms with E-state index in [0.29, 0.717) is 23.2 Å². The molecule has 7 heteroatoms. The number of ether oxygens (including phenoxy) is 3. The normalized spacial score (nSPS) is 10.6. The molecule has 0 aliphatic rings. The summed E-state index contributed by atoms with van der Waals surface area (Å²) in [6.07, 6.45) is 0. The average molecular weight is 405 g/mol. The van der Waals surface area contributed by atoms with E-state index in [1.54, 1.807) is 26.4 Å².